The Balaban J connectivity index is 1.53. The second-order valence-electron chi connectivity index (χ2n) is 9.45. The number of rotatable bonds is 4. The van der Waals surface area contributed by atoms with Gasteiger partial charge in [0.15, 0.2) is 0 Å². The first-order chi connectivity index (χ1) is 12.5. The SMILES string of the molecule is CC1CCCC(C(=O)NC2CCCCC2NC(=O)C2CCCC(C)C2)C1. The average Bonchev–Trinajstić information content (AvgIpc) is 2.63. The largest absolute Gasteiger partial charge is 0.351 e. The van der Waals surface area contributed by atoms with Crippen molar-refractivity contribution < 1.29 is 9.59 Å². The molecule has 0 spiro atoms. The van der Waals surface area contributed by atoms with Crippen molar-refractivity contribution in [2.75, 3.05) is 0 Å². The van der Waals surface area contributed by atoms with Gasteiger partial charge in [-0.2, -0.15) is 0 Å². The van der Waals surface area contributed by atoms with E-state index in [1.165, 1.54) is 25.7 Å². The Morgan fingerprint density at radius 1 is 0.615 bits per heavy atom. The van der Waals surface area contributed by atoms with Crippen molar-refractivity contribution in [3.8, 4) is 0 Å². The normalized spacial score (nSPS) is 38.4. The molecule has 4 heteroatoms. The van der Waals surface area contributed by atoms with E-state index in [1.807, 2.05) is 0 Å². The lowest BCUT2D eigenvalue weighted by atomic mass is 9.80. The zero-order valence-corrected chi connectivity index (χ0v) is 16.8. The van der Waals surface area contributed by atoms with Crippen LogP contribution in [0, 0.1) is 23.7 Å². The summed E-state index contributed by atoms with van der Waals surface area (Å²) < 4.78 is 0. The summed E-state index contributed by atoms with van der Waals surface area (Å²) in [6.45, 7) is 4.52. The van der Waals surface area contributed by atoms with Gasteiger partial charge in [0.1, 0.15) is 0 Å². The first-order valence-electron chi connectivity index (χ1n) is 11.1. The molecule has 2 amide bonds. The van der Waals surface area contributed by atoms with Gasteiger partial charge < -0.3 is 10.6 Å². The van der Waals surface area contributed by atoms with Gasteiger partial charge in [0.25, 0.3) is 0 Å². The minimum Gasteiger partial charge on any atom is -0.351 e. The van der Waals surface area contributed by atoms with Crippen molar-refractivity contribution in [3.63, 3.8) is 0 Å². The average molecular weight is 363 g/mol. The van der Waals surface area contributed by atoms with Crippen LogP contribution in [-0.2, 0) is 9.59 Å². The fraction of sp³-hybridized carbons (Fsp3) is 0.909. The number of nitrogens with one attached hydrogen (secondary N) is 2. The number of amides is 2. The molecular formula is C22H38N2O2. The highest BCUT2D eigenvalue weighted by Crippen LogP contribution is 2.31. The van der Waals surface area contributed by atoms with Crippen molar-refractivity contribution in [1.29, 1.82) is 0 Å². The molecule has 148 valence electrons. The molecule has 0 heterocycles. The maximum atomic E-state index is 12.8. The molecule has 0 saturated heterocycles. The van der Waals surface area contributed by atoms with Gasteiger partial charge in [-0.15, -0.1) is 0 Å². The van der Waals surface area contributed by atoms with E-state index in [0.29, 0.717) is 11.8 Å². The van der Waals surface area contributed by atoms with E-state index in [-0.39, 0.29) is 35.7 Å². The zero-order chi connectivity index (χ0) is 18.5. The van der Waals surface area contributed by atoms with Crippen LogP contribution in [0.5, 0.6) is 0 Å². The third-order valence-electron chi connectivity index (χ3n) is 7.04. The van der Waals surface area contributed by atoms with Crippen LogP contribution in [-0.4, -0.2) is 23.9 Å². The van der Waals surface area contributed by atoms with E-state index in [4.69, 9.17) is 0 Å². The Kier molecular flexibility index (Phi) is 6.99. The van der Waals surface area contributed by atoms with Gasteiger partial charge in [-0.25, -0.2) is 0 Å². The Morgan fingerprint density at radius 2 is 1.04 bits per heavy atom. The Morgan fingerprint density at radius 3 is 1.42 bits per heavy atom. The first-order valence-corrected chi connectivity index (χ1v) is 11.1. The molecular weight excluding hydrogens is 324 g/mol. The number of carbonyl (C=O) groups excluding carboxylic acids is 2. The molecule has 3 aliphatic carbocycles. The molecule has 26 heavy (non-hydrogen) atoms. The van der Waals surface area contributed by atoms with Gasteiger partial charge in [-0.3, -0.25) is 9.59 Å². The number of hydrogen-bond donors (Lipinski definition) is 2. The maximum Gasteiger partial charge on any atom is 0.223 e. The molecule has 0 aromatic rings. The maximum absolute atomic E-state index is 12.8. The van der Waals surface area contributed by atoms with E-state index in [0.717, 1.165) is 51.4 Å². The lowest BCUT2D eigenvalue weighted by Gasteiger charge is -2.36. The summed E-state index contributed by atoms with van der Waals surface area (Å²) in [7, 11) is 0. The standard InChI is InChI=1S/C22H38N2O2/c1-15-7-5-9-17(13-15)21(25)23-19-11-3-4-12-20(19)24-22(26)18-10-6-8-16(2)14-18/h15-20H,3-14H2,1-2H3,(H,23,25)(H,24,26). The van der Waals surface area contributed by atoms with Gasteiger partial charge in [0.05, 0.1) is 0 Å². The van der Waals surface area contributed by atoms with Crippen LogP contribution in [0.1, 0.15) is 90.9 Å². The van der Waals surface area contributed by atoms with Crippen molar-refractivity contribution in [1.82, 2.24) is 10.6 Å². The van der Waals surface area contributed by atoms with Crippen LogP contribution in [0.15, 0.2) is 0 Å². The topological polar surface area (TPSA) is 58.2 Å². The number of carbonyl (C=O) groups is 2. The van der Waals surface area contributed by atoms with E-state index >= 15 is 0 Å². The van der Waals surface area contributed by atoms with Crippen molar-refractivity contribution >= 4 is 11.8 Å². The highest BCUT2D eigenvalue weighted by molar-refractivity contribution is 5.80. The van der Waals surface area contributed by atoms with Crippen LogP contribution < -0.4 is 10.6 Å². The van der Waals surface area contributed by atoms with Crippen molar-refractivity contribution in [2.24, 2.45) is 23.7 Å². The molecule has 6 unspecified atom stereocenters. The zero-order valence-electron chi connectivity index (χ0n) is 16.8. The van der Waals surface area contributed by atoms with Crippen molar-refractivity contribution in [2.45, 2.75) is 103 Å². The Bertz CT molecular complexity index is 449. The second kappa shape index (κ2) is 9.23. The third-order valence-corrected chi connectivity index (χ3v) is 7.04. The fourth-order valence-electron chi connectivity index (χ4n) is 5.42. The summed E-state index contributed by atoms with van der Waals surface area (Å²) in [5.41, 5.74) is 0. The van der Waals surface area contributed by atoms with Gasteiger partial charge >= 0.3 is 0 Å². The Labute approximate surface area is 159 Å². The molecule has 3 saturated carbocycles. The molecule has 0 aliphatic heterocycles. The minimum atomic E-state index is 0.124. The predicted octanol–water partition coefficient (Wildman–Crippen LogP) is 4.18. The monoisotopic (exact) mass is 362 g/mol. The molecule has 0 aromatic heterocycles. The molecule has 3 rings (SSSR count). The molecule has 4 nitrogen and oxygen atoms in total. The van der Waals surface area contributed by atoms with E-state index in [1.54, 1.807) is 0 Å². The summed E-state index contributed by atoms with van der Waals surface area (Å²) in [4.78, 5) is 25.5. The minimum absolute atomic E-state index is 0.124. The summed E-state index contributed by atoms with van der Waals surface area (Å²) in [6, 6.07) is 0.247. The van der Waals surface area contributed by atoms with Crippen LogP contribution in [0.3, 0.4) is 0 Å². The lowest BCUT2D eigenvalue weighted by molar-refractivity contribution is -0.130. The smallest absolute Gasteiger partial charge is 0.223 e. The highest BCUT2D eigenvalue weighted by atomic mass is 16.2. The lowest BCUT2D eigenvalue weighted by Crippen LogP contribution is -2.55. The van der Waals surface area contributed by atoms with Crippen LogP contribution in [0.2, 0.25) is 0 Å². The second-order valence-corrected chi connectivity index (χ2v) is 9.45. The van der Waals surface area contributed by atoms with Crippen LogP contribution in [0.25, 0.3) is 0 Å². The van der Waals surface area contributed by atoms with Gasteiger partial charge in [-0.1, -0.05) is 52.4 Å². The Hall–Kier alpha value is -1.06. The third kappa shape index (κ3) is 5.23. The fourth-order valence-corrected chi connectivity index (χ4v) is 5.42. The number of hydrogen-bond acceptors (Lipinski definition) is 2. The first kappa shape index (κ1) is 19.7. The van der Waals surface area contributed by atoms with Crippen LogP contribution >= 0.6 is 0 Å². The highest BCUT2D eigenvalue weighted by Gasteiger charge is 2.33. The van der Waals surface area contributed by atoms with E-state index in [2.05, 4.69) is 24.5 Å². The van der Waals surface area contributed by atoms with E-state index < -0.39 is 0 Å². The molecule has 3 fully saturated rings. The van der Waals surface area contributed by atoms with Gasteiger partial charge in [0.2, 0.25) is 11.8 Å². The predicted molar refractivity (Wildman–Crippen MR) is 105 cm³/mol. The molecule has 0 radical (unpaired) electrons. The summed E-state index contributed by atoms with van der Waals surface area (Å²) >= 11 is 0. The molecule has 3 aliphatic rings. The van der Waals surface area contributed by atoms with Gasteiger partial charge in [-0.05, 0) is 50.4 Å². The molecule has 0 aromatic carbocycles. The molecule has 0 bridgehead atoms. The summed E-state index contributed by atoms with van der Waals surface area (Å²) in [5.74, 6) is 2.14. The van der Waals surface area contributed by atoms with Crippen LogP contribution in [0.4, 0.5) is 0 Å². The quantitative estimate of drug-likeness (QED) is 0.788. The van der Waals surface area contributed by atoms with Gasteiger partial charge in [0, 0.05) is 23.9 Å². The van der Waals surface area contributed by atoms with E-state index in [9.17, 15) is 9.59 Å². The summed E-state index contributed by atoms with van der Waals surface area (Å²) in [6.07, 6.45) is 13.3. The molecule has 6 atom stereocenters. The summed E-state index contributed by atoms with van der Waals surface area (Å²) in [5, 5.41) is 6.65. The molecule has 2 N–H and O–H groups in total. The van der Waals surface area contributed by atoms with Crippen molar-refractivity contribution in [3.05, 3.63) is 0 Å².